The molecule has 2 aromatic rings. The highest BCUT2D eigenvalue weighted by molar-refractivity contribution is 8.00. The number of amides is 1. The van der Waals surface area contributed by atoms with Crippen molar-refractivity contribution in [2.24, 2.45) is 0 Å². The van der Waals surface area contributed by atoms with Crippen molar-refractivity contribution in [3.05, 3.63) is 70.3 Å². The summed E-state index contributed by atoms with van der Waals surface area (Å²) in [5, 5.41) is 13.6. The summed E-state index contributed by atoms with van der Waals surface area (Å²) in [6.07, 6.45) is 0. The van der Waals surface area contributed by atoms with Gasteiger partial charge in [0.05, 0.1) is 10.7 Å². The second-order valence-electron chi connectivity index (χ2n) is 4.26. The van der Waals surface area contributed by atoms with Crippen LogP contribution in [0.3, 0.4) is 0 Å². The fraction of sp³-hybridized carbons (Fsp3) is 0.133. The molecule has 2 rings (SSSR count). The number of nitro benzene ring substituents is 1. The van der Waals surface area contributed by atoms with Gasteiger partial charge in [0, 0.05) is 23.1 Å². The lowest BCUT2D eigenvalue weighted by atomic mass is 10.2. The van der Waals surface area contributed by atoms with Gasteiger partial charge in [-0.05, 0) is 12.1 Å². The number of thioether (sulfide) groups is 1. The average Bonchev–Trinajstić information content (AvgIpc) is 2.52. The third kappa shape index (κ3) is 4.61. The third-order valence-electron chi connectivity index (χ3n) is 2.78. The van der Waals surface area contributed by atoms with E-state index < -0.39 is 4.92 Å². The number of nitrogens with one attached hydrogen (secondary N) is 1. The molecular weight excluding hydrogens is 288 g/mol. The van der Waals surface area contributed by atoms with E-state index in [1.54, 1.807) is 18.2 Å². The molecule has 1 N–H and O–H groups in total. The van der Waals surface area contributed by atoms with Crippen molar-refractivity contribution in [1.29, 1.82) is 0 Å². The van der Waals surface area contributed by atoms with Crippen LogP contribution in [0, 0.1) is 10.1 Å². The van der Waals surface area contributed by atoms with Crippen LogP contribution in [-0.4, -0.2) is 16.6 Å². The summed E-state index contributed by atoms with van der Waals surface area (Å²) in [5.74, 6) is 0.131. The van der Waals surface area contributed by atoms with Gasteiger partial charge >= 0.3 is 0 Å². The van der Waals surface area contributed by atoms with E-state index in [0.717, 1.165) is 4.90 Å². The summed E-state index contributed by atoms with van der Waals surface area (Å²) >= 11 is 1.43. The Hall–Kier alpha value is -2.34. The Labute approximate surface area is 126 Å². The van der Waals surface area contributed by atoms with Gasteiger partial charge in [-0.15, -0.1) is 11.8 Å². The summed E-state index contributed by atoms with van der Waals surface area (Å²) in [4.78, 5) is 23.2. The quantitative estimate of drug-likeness (QED) is 0.506. The van der Waals surface area contributed by atoms with E-state index in [1.165, 1.54) is 17.8 Å². The summed E-state index contributed by atoms with van der Waals surface area (Å²) in [6, 6.07) is 16.0. The zero-order chi connectivity index (χ0) is 15.1. The molecule has 0 bridgehead atoms. The number of rotatable bonds is 6. The SMILES string of the molecule is O=C(CSc1ccccc1)NCc1ccccc1[N+](=O)[O-]. The van der Waals surface area contributed by atoms with Crippen molar-refractivity contribution in [3.8, 4) is 0 Å². The largest absolute Gasteiger partial charge is 0.351 e. The van der Waals surface area contributed by atoms with Gasteiger partial charge in [-0.3, -0.25) is 14.9 Å². The lowest BCUT2D eigenvalue weighted by molar-refractivity contribution is -0.385. The Bertz CT molecular complexity index is 632. The molecule has 0 fully saturated rings. The second-order valence-corrected chi connectivity index (χ2v) is 5.31. The van der Waals surface area contributed by atoms with Gasteiger partial charge in [0.15, 0.2) is 0 Å². The van der Waals surface area contributed by atoms with Crippen LogP contribution in [0.25, 0.3) is 0 Å². The Kier molecular flexibility index (Phi) is 5.34. The topological polar surface area (TPSA) is 72.2 Å². The Morgan fingerprint density at radius 2 is 1.76 bits per heavy atom. The van der Waals surface area contributed by atoms with Gasteiger partial charge in [-0.1, -0.05) is 36.4 Å². The molecule has 0 aliphatic rings. The second kappa shape index (κ2) is 7.44. The maximum Gasteiger partial charge on any atom is 0.274 e. The first-order valence-electron chi connectivity index (χ1n) is 6.33. The molecule has 5 nitrogen and oxygen atoms in total. The van der Waals surface area contributed by atoms with Crippen molar-refractivity contribution >= 4 is 23.4 Å². The van der Waals surface area contributed by atoms with Crippen LogP contribution in [-0.2, 0) is 11.3 Å². The molecule has 0 saturated heterocycles. The Balaban J connectivity index is 1.86. The minimum Gasteiger partial charge on any atom is -0.351 e. The molecule has 21 heavy (non-hydrogen) atoms. The molecule has 0 saturated carbocycles. The number of para-hydroxylation sites is 1. The number of carbonyl (C=O) groups is 1. The molecule has 0 aliphatic heterocycles. The van der Waals surface area contributed by atoms with E-state index in [1.807, 2.05) is 30.3 Å². The first kappa shape index (κ1) is 15.1. The number of hydrogen-bond donors (Lipinski definition) is 1. The van der Waals surface area contributed by atoms with E-state index in [2.05, 4.69) is 5.32 Å². The molecule has 0 spiro atoms. The predicted octanol–water partition coefficient (Wildman–Crippen LogP) is 3.00. The standard InChI is InChI=1S/C15H14N2O3S/c18-15(11-21-13-7-2-1-3-8-13)16-10-12-6-4-5-9-14(12)17(19)20/h1-9H,10-11H2,(H,16,18). The van der Waals surface area contributed by atoms with Crippen molar-refractivity contribution in [2.75, 3.05) is 5.75 Å². The van der Waals surface area contributed by atoms with E-state index in [9.17, 15) is 14.9 Å². The molecule has 6 heteroatoms. The van der Waals surface area contributed by atoms with E-state index in [-0.39, 0.29) is 23.9 Å². The van der Waals surface area contributed by atoms with Gasteiger partial charge in [0.1, 0.15) is 0 Å². The smallest absolute Gasteiger partial charge is 0.274 e. The maximum atomic E-state index is 11.8. The monoisotopic (exact) mass is 302 g/mol. The summed E-state index contributed by atoms with van der Waals surface area (Å²) in [6.45, 7) is 0.158. The molecule has 2 aromatic carbocycles. The fourth-order valence-corrected chi connectivity index (χ4v) is 2.50. The maximum absolute atomic E-state index is 11.8. The minimum atomic E-state index is -0.444. The highest BCUT2D eigenvalue weighted by Crippen LogP contribution is 2.18. The van der Waals surface area contributed by atoms with Crippen LogP contribution in [0.15, 0.2) is 59.5 Å². The molecule has 1 amide bonds. The van der Waals surface area contributed by atoms with Crippen molar-refractivity contribution in [2.45, 2.75) is 11.4 Å². The highest BCUT2D eigenvalue weighted by Gasteiger charge is 2.12. The lowest BCUT2D eigenvalue weighted by Gasteiger charge is -2.06. The highest BCUT2D eigenvalue weighted by atomic mass is 32.2. The summed E-state index contributed by atoms with van der Waals surface area (Å²) in [5.41, 5.74) is 0.522. The summed E-state index contributed by atoms with van der Waals surface area (Å²) in [7, 11) is 0. The van der Waals surface area contributed by atoms with Crippen LogP contribution in [0.4, 0.5) is 5.69 Å². The van der Waals surface area contributed by atoms with Gasteiger partial charge in [-0.25, -0.2) is 0 Å². The lowest BCUT2D eigenvalue weighted by Crippen LogP contribution is -2.24. The van der Waals surface area contributed by atoms with E-state index in [4.69, 9.17) is 0 Å². The van der Waals surface area contributed by atoms with Crippen molar-refractivity contribution in [3.63, 3.8) is 0 Å². The van der Waals surface area contributed by atoms with Crippen molar-refractivity contribution < 1.29 is 9.72 Å². The van der Waals surface area contributed by atoms with Crippen LogP contribution in [0.1, 0.15) is 5.56 Å². The molecular formula is C15H14N2O3S. The third-order valence-corrected chi connectivity index (χ3v) is 3.79. The molecule has 0 heterocycles. The van der Waals surface area contributed by atoms with Gasteiger partial charge in [0.2, 0.25) is 5.91 Å². The number of nitrogens with zero attached hydrogens (tertiary/aromatic N) is 1. The number of hydrogen-bond acceptors (Lipinski definition) is 4. The summed E-state index contributed by atoms with van der Waals surface area (Å²) < 4.78 is 0. The van der Waals surface area contributed by atoms with Gasteiger partial charge in [-0.2, -0.15) is 0 Å². The van der Waals surface area contributed by atoms with Gasteiger partial charge < -0.3 is 5.32 Å². The number of benzene rings is 2. The zero-order valence-electron chi connectivity index (χ0n) is 11.2. The normalized spacial score (nSPS) is 10.1. The Morgan fingerprint density at radius 1 is 1.10 bits per heavy atom. The van der Waals surface area contributed by atoms with Crippen LogP contribution >= 0.6 is 11.8 Å². The predicted molar refractivity (Wildman–Crippen MR) is 82.1 cm³/mol. The first-order valence-corrected chi connectivity index (χ1v) is 7.32. The van der Waals surface area contributed by atoms with Crippen LogP contribution < -0.4 is 5.32 Å². The first-order chi connectivity index (χ1) is 10.2. The number of nitro groups is 1. The number of carbonyl (C=O) groups excluding carboxylic acids is 1. The van der Waals surface area contributed by atoms with Crippen molar-refractivity contribution in [1.82, 2.24) is 5.32 Å². The zero-order valence-corrected chi connectivity index (χ0v) is 12.0. The molecule has 0 unspecified atom stereocenters. The van der Waals surface area contributed by atoms with E-state index >= 15 is 0 Å². The average molecular weight is 302 g/mol. The van der Waals surface area contributed by atoms with Crippen LogP contribution in [0.5, 0.6) is 0 Å². The van der Waals surface area contributed by atoms with Gasteiger partial charge in [0.25, 0.3) is 5.69 Å². The molecule has 0 aliphatic carbocycles. The van der Waals surface area contributed by atoms with Crippen LogP contribution in [0.2, 0.25) is 0 Å². The molecule has 0 atom stereocenters. The molecule has 108 valence electrons. The molecule has 0 radical (unpaired) electrons. The minimum absolute atomic E-state index is 0.0218. The Morgan fingerprint density at radius 3 is 2.48 bits per heavy atom. The molecule has 0 aromatic heterocycles. The fourth-order valence-electron chi connectivity index (χ4n) is 1.75. The van der Waals surface area contributed by atoms with E-state index in [0.29, 0.717) is 5.56 Å².